The molecular formula is C51H78Cl4N2O18. The first-order chi connectivity index (χ1) is 36.0. The zero-order valence-electron chi connectivity index (χ0n) is 43.7. The molecule has 0 saturated carbocycles. The van der Waals surface area contributed by atoms with Gasteiger partial charge in [0, 0.05) is 12.3 Å². The molecule has 428 valence electrons. The van der Waals surface area contributed by atoms with Gasteiger partial charge in [0.2, 0.25) is 6.10 Å². The molecule has 2 aliphatic rings. The third-order valence-corrected chi connectivity index (χ3v) is 13.8. The number of halogens is 4. The lowest BCUT2D eigenvalue weighted by Gasteiger charge is -2.48. The lowest BCUT2D eigenvalue weighted by Crippen LogP contribution is -2.69. The highest BCUT2D eigenvalue weighted by Gasteiger charge is 2.62. The molecule has 0 amide bonds. The summed E-state index contributed by atoms with van der Waals surface area (Å²) in [6.45, 7) is 5.91. The maximum atomic E-state index is 14.1. The van der Waals surface area contributed by atoms with Gasteiger partial charge in [-0.15, -0.1) is 46.4 Å². The number of nitrogens with one attached hydrogen (secondary N) is 1. The fourth-order valence-electron chi connectivity index (χ4n) is 8.78. The number of aromatic amines is 1. The Morgan fingerprint density at radius 2 is 1.04 bits per heavy atom. The molecule has 24 heteroatoms. The van der Waals surface area contributed by atoms with Crippen LogP contribution in [0.4, 0.5) is 0 Å². The first-order valence-corrected chi connectivity index (χ1v) is 28.5. The number of nitrogens with zero attached hydrogens (tertiary/aromatic N) is 1. The van der Waals surface area contributed by atoms with Crippen LogP contribution in [0.5, 0.6) is 0 Å². The number of hydrogen-bond donors (Lipinski definition) is 2. The summed E-state index contributed by atoms with van der Waals surface area (Å²) < 4.78 is 53.0. The van der Waals surface area contributed by atoms with Crippen LogP contribution >= 0.6 is 46.4 Å². The molecule has 75 heavy (non-hydrogen) atoms. The van der Waals surface area contributed by atoms with Gasteiger partial charge >= 0.3 is 47.5 Å². The monoisotopic (exact) mass is 1150 g/mol. The van der Waals surface area contributed by atoms with E-state index in [1.165, 1.54) is 38.5 Å². The van der Waals surface area contributed by atoms with Gasteiger partial charge < -0.3 is 47.7 Å². The van der Waals surface area contributed by atoms with E-state index < -0.39 is 151 Å². The van der Waals surface area contributed by atoms with Crippen molar-refractivity contribution in [2.45, 2.75) is 211 Å². The van der Waals surface area contributed by atoms with E-state index >= 15 is 0 Å². The van der Waals surface area contributed by atoms with E-state index in [0.717, 1.165) is 81.0 Å². The Bertz CT molecular complexity index is 2030. The topological polar surface area (TPSA) is 261 Å². The summed E-state index contributed by atoms with van der Waals surface area (Å²) in [5.74, 6) is -13.7. The number of rotatable bonds is 37. The number of carbonyl (C=O) groups excluding carboxylic acids is 6. The summed E-state index contributed by atoms with van der Waals surface area (Å²) in [6.07, 6.45) is 6.57. The Labute approximate surface area is 459 Å². The maximum absolute atomic E-state index is 14.1. The normalized spacial score (nSPS) is 24.2. The molecular weight excluding hydrogens is 1070 g/mol. The summed E-state index contributed by atoms with van der Waals surface area (Å²) in [4.78, 5) is 107. The van der Waals surface area contributed by atoms with Crippen LogP contribution < -0.4 is 11.2 Å². The number of alkyl halides is 4. The van der Waals surface area contributed by atoms with Gasteiger partial charge in [-0.25, -0.2) is 4.79 Å². The standard InChI is InChI=1S/C51H78Cl4N2O18/c1-5-7-9-11-13-15-17-19-21-23-33(3)48(63)73-42-35(69-47(57-26-25-37(58)56-50(57)65)45(42)74-49(64)34(4)24-22-20-18-16-14-12-10-8-6-2)32-68-51(66)46(72-41(62)30-55)44(71-40(61)29-54)43(70-39(60)28-53)36(75-51)31-67-38(59)27-52/h25-26,33-36,42-47,66H,5-24,27-32H2,1-4H3,(H,56,58,65)/t33?,34?,35-,36?,42?,43+,44?,45+,46-,47-,51+/m1/s1. The molecule has 3 rings (SSSR count). The van der Waals surface area contributed by atoms with Crippen molar-refractivity contribution in [3.63, 3.8) is 0 Å². The highest BCUT2D eigenvalue weighted by atomic mass is 35.5. The van der Waals surface area contributed by atoms with Gasteiger partial charge in [0.05, 0.1) is 18.4 Å². The first kappa shape index (κ1) is 65.8. The van der Waals surface area contributed by atoms with Gasteiger partial charge in [0.25, 0.3) is 5.56 Å². The van der Waals surface area contributed by atoms with Crippen LogP contribution in [0, 0.1) is 11.8 Å². The molecule has 1 aromatic rings. The lowest BCUT2D eigenvalue weighted by atomic mass is 9.96. The van der Waals surface area contributed by atoms with Crippen molar-refractivity contribution in [2.24, 2.45) is 11.8 Å². The number of aliphatic hydroxyl groups is 1. The SMILES string of the molecule is CCCCCCCCCCCC(C)C(=O)OC1[C@@H](CO[C@]2(O)OC(COC(=O)CCl)[C@H](OC(=O)CCl)C(OC(=O)CCl)[C@H]2OC(=O)CCl)O[C@@H](n2ccc(=O)[nH]c2=O)[C@H]1OC(=O)C(C)CCCCCCCCCCC. The van der Waals surface area contributed by atoms with E-state index in [0.29, 0.717) is 25.7 Å². The minimum Gasteiger partial charge on any atom is -0.462 e. The van der Waals surface area contributed by atoms with Crippen LogP contribution in [0.2, 0.25) is 0 Å². The molecule has 0 aliphatic carbocycles. The van der Waals surface area contributed by atoms with Crippen molar-refractivity contribution in [1.29, 1.82) is 0 Å². The second-order valence-electron chi connectivity index (χ2n) is 19.1. The highest BCUT2D eigenvalue weighted by molar-refractivity contribution is 6.27. The quantitative estimate of drug-likeness (QED) is 0.0213. The molecule has 0 radical (unpaired) electrons. The van der Waals surface area contributed by atoms with Gasteiger partial charge in [0.15, 0.2) is 30.6 Å². The fourth-order valence-corrected chi connectivity index (χ4v) is 9.04. The van der Waals surface area contributed by atoms with Gasteiger partial charge in [0.1, 0.15) is 42.3 Å². The molecule has 0 spiro atoms. The summed E-state index contributed by atoms with van der Waals surface area (Å²) in [5.41, 5.74) is -1.75. The number of unbranched alkanes of at least 4 members (excludes halogenated alkanes) is 16. The number of hydrogen-bond acceptors (Lipinski definition) is 18. The molecule has 2 N–H and O–H groups in total. The van der Waals surface area contributed by atoms with E-state index in [4.69, 9.17) is 89.0 Å². The van der Waals surface area contributed by atoms with Gasteiger partial charge in [-0.2, -0.15) is 0 Å². The van der Waals surface area contributed by atoms with Gasteiger partial charge in [-0.05, 0) is 12.8 Å². The van der Waals surface area contributed by atoms with E-state index in [1.807, 2.05) is 0 Å². The molecule has 0 aromatic carbocycles. The van der Waals surface area contributed by atoms with E-state index in [9.17, 15) is 43.5 Å². The van der Waals surface area contributed by atoms with Gasteiger partial charge in [-0.1, -0.05) is 143 Å². The fraction of sp³-hybridized carbons (Fsp3) is 0.804. The minimum absolute atomic E-state index is 0.432. The first-order valence-electron chi connectivity index (χ1n) is 26.4. The average Bonchev–Trinajstić information content (AvgIpc) is 3.72. The number of H-pyrrole nitrogens is 1. The zero-order valence-corrected chi connectivity index (χ0v) is 46.7. The number of aromatic nitrogens is 2. The molecule has 0 bridgehead atoms. The van der Waals surface area contributed by atoms with Crippen molar-refractivity contribution in [3.05, 3.63) is 33.1 Å². The smallest absolute Gasteiger partial charge is 0.330 e. The lowest BCUT2D eigenvalue weighted by molar-refractivity contribution is -0.450. The third-order valence-electron chi connectivity index (χ3n) is 13.0. The van der Waals surface area contributed by atoms with E-state index in [2.05, 4.69) is 18.8 Å². The zero-order chi connectivity index (χ0) is 55.3. The van der Waals surface area contributed by atoms with Crippen molar-refractivity contribution in [2.75, 3.05) is 36.7 Å². The van der Waals surface area contributed by atoms with E-state index in [1.54, 1.807) is 13.8 Å². The van der Waals surface area contributed by atoms with Crippen molar-refractivity contribution >= 4 is 82.2 Å². The summed E-state index contributed by atoms with van der Waals surface area (Å²) in [6, 6.07) is 1.02. The number of carbonyl (C=O) groups is 6. The largest absolute Gasteiger partial charge is 0.462 e. The predicted octanol–water partition coefficient (Wildman–Crippen LogP) is 7.67. The van der Waals surface area contributed by atoms with Crippen LogP contribution in [0.3, 0.4) is 0 Å². The Hall–Kier alpha value is -3.50. The molecule has 20 nitrogen and oxygen atoms in total. The second kappa shape index (κ2) is 35.8. The Morgan fingerprint density at radius 3 is 1.52 bits per heavy atom. The summed E-state index contributed by atoms with van der Waals surface area (Å²) in [5, 5.41) is 12.4. The molecule has 2 saturated heterocycles. The van der Waals surface area contributed by atoms with Crippen LogP contribution in [0.15, 0.2) is 21.9 Å². The third kappa shape index (κ3) is 22.4. The molecule has 3 heterocycles. The molecule has 11 atom stereocenters. The summed E-state index contributed by atoms with van der Waals surface area (Å²) in [7, 11) is 0. The van der Waals surface area contributed by atoms with E-state index in [-0.39, 0.29) is 0 Å². The van der Waals surface area contributed by atoms with Crippen LogP contribution in [0.25, 0.3) is 0 Å². The molecule has 1 aromatic heterocycles. The number of esters is 6. The summed E-state index contributed by atoms with van der Waals surface area (Å²) >= 11 is 23.0. The van der Waals surface area contributed by atoms with Crippen LogP contribution in [-0.4, -0.2) is 136 Å². The van der Waals surface area contributed by atoms with Crippen molar-refractivity contribution in [1.82, 2.24) is 9.55 Å². The molecule has 2 aliphatic heterocycles. The molecule has 5 unspecified atom stereocenters. The van der Waals surface area contributed by atoms with Crippen LogP contribution in [-0.2, 0) is 71.4 Å². The van der Waals surface area contributed by atoms with Gasteiger partial charge in [-0.3, -0.25) is 43.1 Å². The average molecular weight is 1150 g/mol. The predicted molar refractivity (Wildman–Crippen MR) is 276 cm³/mol. The Balaban J connectivity index is 2.06. The highest BCUT2D eigenvalue weighted by Crippen LogP contribution is 2.39. The number of ether oxygens (including phenoxy) is 9. The van der Waals surface area contributed by atoms with Crippen LogP contribution in [0.1, 0.15) is 162 Å². The second-order valence-corrected chi connectivity index (χ2v) is 20.1. The Morgan fingerprint density at radius 1 is 0.600 bits per heavy atom. The Kier molecular flexibility index (Phi) is 31.4. The minimum atomic E-state index is -3.29. The van der Waals surface area contributed by atoms with Crippen molar-refractivity contribution in [3.8, 4) is 0 Å². The molecule has 2 fully saturated rings. The van der Waals surface area contributed by atoms with Crippen molar-refractivity contribution < 1.29 is 76.5 Å². The maximum Gasteiger partial charge on any atom is 0.330 e.